The Balaban J connectivity index is 2.04. The second-order valence-corrected chi connectivity index (χ2v) is 4.40. The highest BCUT2D eigenvalue weighted by Gasteiger charge is 2.25. The zero-order valence-electron chi connectivity index (χ0n) is 10.5. The van der Waals surface area contributed by atoms with Crippen molar-refractivity contribution in [3.63, 3.8) is 0 Å². The third-order valence-electron chi connectivity index (χ3n) is 3.24. The highest BCUT2D eigenvalue weighted by molar-refractivity contribution is 5.64. The summed E-state index contributed by atoms with van der Waals surface area (Å²) in [6.07, 6.45) is -0.150. The molecule has 1 aliphatic heterocycles. The van der Waals surface area contributed by atoms with Crippen LogP contribution < -0.4 is 9.47 Å². The lowest BCUT2D eigenvalue weighted by Crippen LogP contribution is -2.27. The molecule has 1 unspecified atom stereocenters. The number of carbonyl (C=O) groups is 1. The van der Waals surface area contributed by atoms with Crippen molar-refractivity contribution >= 4 is 6.09 Å². The lowest BCUT2D eigenvalue weighted by atomic mass is 9.97. The van der Waals surface area contributed by atoms with E-state index in [1.165, 1.54) is 4.90 Å². The number of carboxylic acid groups (broad SMARTS) is 1. The molecule has 0 radical (unpaired) electrons. The van der Waals surface area contributed by atoms with Crippen LogP contribution in [0.15, 0.2) is 18.2 Å². The van der Waals surface area contributed by atoms with Crippen LogP contribution in [0.1, 0.15) is 17.9 Å². The molecule has 18 heavy (non-hydrogen) atoms. The van der Waals surface area contributed by atoms with Crippen molar-refractivity contribution in [2.45, 2.75) is 12.3 Å². The van der Waals surface area contributed by atoms with Gasteiger partial charge < -0.3 is 19.5 Å². The number of fused-ring (bicyclic) bond motifs is 1. The Morgan fingerprint density at radius 1 is 1.61 bits per heavy atom. The van der Waals surface area contributed by atoms with Crippen molar-refractivity contribution in [1.29, 1.82) is 0 Å². The molecule has 0 saturated heterocycles. The summed E-state index contributed by atoms with van der Waals surface area (Å²) in [5, 5.41) is 8.81. The number of ether oxygens (including phenoxy) is 2. The summed E-state index contributed by atoms with van der Waals surface area (Å²) >= 11 is 0. The minimum atomic E-state index is -0.903. The van der Waals surface area contributed by atoms with Crippen molar-refractivity contribution in [2.24, 2.45) is 0 Å². The first-order valence-corrected chi connectivity index (χ1v) is 5.86. The first-order valence-electron chi connectivity index (χ1n) is 5.86. The summed E-state index contributed by atoms with van der Waals surface area (Å²) in [6, 6.07) is 5.73. The van der Waals surface area contributed by atoms with E-state index in [9.17, 15) is 4.79 Å². The number of benzene rings is 1. The topological polar surface area (TPSA) is 59.0 Å². The van der Waals surface area contributed by atoms with Crippen LogP contribution in [0.25, 0.3) is 0 Å². The Morgan fingerprint density at radius 2 is 2.39 bits per heavy atom. The summed E-state index contributed by atoms with van der Waals surface area (Å²) in [6.45, 7) is 1.11. The van der Waals surface area contributed by atoms with Gasteiger partial charge in [-0.2, -0.15) is 0 Å². The second kappa shape index (κ2) is 5.16. The number of amides is 1. The molecule has 1 aromatic carbocycles. The Bertz CT molecular complexity index is 447. The van der Waals surface area contributed by atoms with Crippen LogP contribution in [0.3, 0.4) is 0 Å². The van der Waals surface area contributed by atoms with Gasteiger partial charge in [-0.15, -0.1) is 0 Å². The second-order valence-electron chi connectivity index (χ2n) is 4.40. The van der Waals surface area contributed by atoms with Crippen LogP contribution in [0.5, 0.6) is 11.5 Å². The number of hydrogen-bond acceptors (Lipinski definition) is 3. The molecule has 0 aromatic heterocycles. The predicted octanol–water partition coefficient (Wildman–Crippen LogP) is 2.17. The van der Waals surface area contributed by atoms with Crippen molar-refractivity contribution in [2.75, 3.05) is 27.3 Å². The zero-order valence-corrected chi connectivity index (χ0v) is 10.5. The van der Waals surface area contributed by atoms with Crippen LogP contribution in [0.4, 0.5) is 4.79 Å². The maximum atomic E-state index is 10.7. The molecule has 1 heterocycles. The van der Waals surface area contributed by atoms with Crippen molar-refractivity contribution < 1.29 is 19.4 Å². The van der Waals surface area contributed by atoms with E-state index < -0.39 is 6.09 Å². The third-order valence-corrected chi connectivity index (χ3v) is 3.24. The first-order chi connectivity index (χ1) is 8.61. The zero-order chi connectivity index (χ0) is 13.1. The summed E-state index contributed by atoms with van der Waals surface area (Å²) in [5.41, 5.74) is 1.10. The smallest absolute Gasteiger partial charge is 0.407 e. The molecular weight excluding hydrogens is 234 g/mol. The van der Waals surface area contributed by atoms with Gasteiger partial charge in [0.1, 0.15) is 11.5 Å². The molecule has 0 aliphatic carbocycles. The molecule has 5 nitrogen and oxygen atoms in total. The lowest BCUT2D eigenvalue weighted by molar-refractivity contribution is 0.154. The van der Waals surface area contributed by atoms with E-state index in [-0.39, 0.29) is 5.92 Å². The molecule has 1 aromatic rings. The summed E-state index contributed by atoms with van der Waals surface area (Å²) in [7, 11) is 3.20. The number of rotatable bonds is 4. The van der Waals surface area contributed by atoms with Crippen LogP contribution in [-0.4, -0.2) is 43.4 Å². The molecule has 0 bridgehead atoms. The van der Waals surface area contributed by atoms with Gasteiger partial charge in [0.2, 0.25) is 0 Å². The monoisotopic (exact) mass is 251 g/mol. The average molecular weight is 251 g/mol. The molecule has 1 amide bonds. The molecule has 98 valence electrons. The number of methoxy groups -OCH3 is 1. The minimum absolute atomic E-state index is 0.233. The molecular formula is C13H17NO4. The maximum Gasteiger partial charge on any atom is 0.407 e. The maximum absolute atomic E-state index is 10.7. The van der Waals surface area contributed by atoms with E-state index in [0.717, 1.165) is 23.5 Å². The summed E-state index contributed by atoms with van der Waals surface area (Å²) in [4.78, 5) is 12.0. The molecule has 1 N–H and O–H groups in total. The first kappa shape index (κ1) is 12.5. The molecule has 0 spiro atoms. The standard InChI is InChI=1S/C13H17NO4/c1-14(13(15)16)6-5-9-8-18-12-4-3-10(17-2)7-11(9)12/h3-4,7,9H,5-6,8H2,1-2H3,(H,15,16). The normalized spacial score (nSPS) is 16.9. The summed E-state index contributed by atoms with van der Waals surface area (Å²) in [5.74, 6) is 1.91. The van der Waals surface area contributed by atoms with E-state index >= 15 is 0 Å². The fourth-order valence-corrected chi connectivity index (χ4v) is 2.07. The molecule has 0 saturated carbocycles. The van der Waals surface area contributed by atoms with Crippen LogP contribution in [0, 0.1) is 0 Å². The van der Waals surface area contributed by atoms with Gasteiger partial charge in [-0.3, -0.25) is 0 Å². The fraction of sp³-hybridized carbons (Fsp3) is 0.462. The lowest BCUT2D eigenvalue weighted by Gasteiger charge is -2.15. The Labute approximate surface area is 106 Å². The van der Waals surface area contributed by atoms with Gasteiger partial charge in [0.25, 0.3) is 0 Å². The van der Waals surface area contributed by atoms with Crippen LogP contribution in [-0.2, 0) is 0 Å². The molecule has 2 rings (SSSR count). The fourth-order valence-electron chi connectivity index (χ4n) is 2.07. The van der Waals surface area contributed by atoms with Crippen LogP contribution in [0.2, 0.25) is 0 Å². The minimum Gasteiger partial charge on any atom is -0.497 e. The van der Waals surface area contributed by atoms with E-state index in [4.69, 9.17) is 14.6 Å². The summed E-state index contributed by atoms with van der Waals surface area (Å²) < 4.78 is 10.8. The van der Waals surface area contributed by atoms with E-state index in [1.54, 1.807) is 14.2 Å². The van der Waals surface area contributed by atoms with Gasteiger partial charge in [0.05, 0.1) is 13.7 Å². The van der Waals surface area contributed by atoms with Gasteiger partial charge in [-0.05, 0) is 24.6 Å². The van der Waals surface area contributed by atoms with E-state index in [2.05, 4.69) is 0 Å². The van der Waals surface area contributed by atoms with Crippen molar-refractivity contribution in [3.05, 3.63) is 23.8 Å². The van der Waals surface area contributed by atoms with Gasteiger partial charge in [-0.25, -0.2) is 4.79 Å². The Kier molecular flexibility index (Phi) is 3.60. The van der Waals surface area contributed by atoms with Crippen molar-refractivity contribution in [1.82, 2.24) is 4.90 Å². The average Bonchev–Trinajstić information content (AvgIpc) is 2.77. The third kappa shape index (κ3) is 2.50. The highest BCUT2D eigenvalue weighted by Crippen LogP contribution is 2.38. The Morgan fingerprint density at radius 3 is 3.06 bits per heavy atom. The molecule has 0 fully saturated rings. The number of nitrogens with zero attached hydrogens (tertiary/aromatic N) is 1. The van der Waals surface area contributed by atoms with Crippen molar-refractivity contribution in [3.8, 4) is 11.5 Å². The molecule has 5 heteroatoms. The quantitative estimate of drug-likeness (QED) is 0.891. The highest BCUT2D eigenvalue weighted by atomic mass is 16.5. The predicted molar refractivity (Wildman–Crippen MR) is 66.5 cm³/mol. The molecule has 1 atom stereocenters. The van der Waals surface area contributed by atoms with E-state index in [0.29, 0.717) is 13.2 Å². The SMILES string of the molecule is COc1ccc2c(c1)C(CCN(C)C(=O)O)CO2. The van der Waals surface area contributed by atoms with Crippen LogP contribution >= 0.6 is 0 Å². The van der Waals surface area contributed by atoms with Gasteiger partial charge in [0.15, 0.2) is 0 Å². The molecule has 1 aliphatic rings. The van der Waals surface area contributed by atoms with Gasteiger partial charge in [-0.1, -0.05) is 0 Å². The largest absolute Gasteiger partial charge is 0.497 e. The van der Waals surface area contributed by atoms with E-state index in [1.807, 2.05) is 18.2 Å². The Hall–Kier alpha value is -1.91. The van der Waals surface area contributed by atoms with Gasteiger partial charge >= 0.3 is 6.09 Å². The number of hydrogen-bond donors (Lipinski definition) is 1. The van der Waals surface area contributed by atoms with Gasteiger partial charge in [0, 0.05) is 25.1 Å².